The Kier molecular flexibility index (Phi) is 6.53. The smallest absolute Gasteiger partial charge is 0.307 e. The Balaban J connectivity index is 1.39. The summed E-state index contributed by atoms with van der Waals surface area (Å²) in [6.45, 7) is 3.43. The van der Waals surface area contributed by atoms with Crippen LogP contribution in [0.15, 0.2) is 64.0 Å². The van der Waals surface area contributed by atoms with Crippen molar-refractivity contribution in [1.29, 1.82) is 0 Å². The van der Waals surface area contributed by atoms with Gasteiger partial charge in [0.15, 0.2) is 6.61 Å². The van der Waals surface area contributed by atoms with E-state index in [4.69, 9.17) is 4.74 Å². The third-order valence-corrected chi connectivity index (χ3v) is 7.04. The number of hydrogen-bond acceptors (Lipinski definition) is 5. The van der Waals surface area contributed by atoms with E-state index in [2.05, 4.69) is 21.2 Å². The first-order valence-electron chi connectivity index (χ1n) is 10.0. The van der Waals surface area contributed by atoms with Crippen LogP contribution in [0.3, 0.4) is 0 Å². The molecule has 0 fully saturated rings. The second-order valence-corrected chi connectivity index (χ2v) is 9.64. The van der Waals surface area contributed by atoms with Crippen LogP contribution >= 0.6 is 27.7 Å². The van der Waals surface area contributed by atoms with Crippen LogP contribution in [-0.4, -0.2) is 34.1 Å². The van der Waals surface area contributed by atoms with Crippen molar-refractivity contribution < 1.29 is 19.1 Å². The lowest BCUT2D eigenvalue weighted by Gasteiger charge is -2.23. The van der Waals surface area contributed by atoms with E-state index in [9.17, 15) is 14.4 Å². The molecule has 0 spiro atoms. The van der Waals surface area contributed by atoms with Crippen molar-refractivity contribution in [3.63, 3.8) is 0 Å². The zero-order valence-electron chi connectivity index (χ0n) is 17.6. The molecule has 8 heteroatoms. The molecule has 0 unspecified atom stereocenters. The Labute approximate surface area is 198 Å². The highest BCUT2D eigenvalue weighted by Crippen LogP contribution is 2.36. The summed E-state index contributed by atoms with van der Waals surface area (Å²) >= 11 is 4.75. The van der Waals surface area contributed by atoms with E-state index in [1.165, 1.54) is 11.8 Å². The lowest BCUT2D eigenvalue weighted by atomic mass is 10.1. The van der Waals surface area contributed by atoms with E-state index in [-0.39, 0.29) is 24.7 Å². The van der Waals surface area contributed by atoms with Gasteiger partial charge in [0, 0.05) is 32.0 Å². The summed E-state index contributed by atoms with van der Waals surface area (Å²) in [7, 11) is 0. The van der Waals surface area contributed by atoms with Crippen molar-refractivity contribution in [2.45, 2.75) is 30.4 Å². The van der Waals surface area contributed by atoms with E-state index >= 15 is 0 Å². The predicted molar refractivity (Wildman–Crippen MR) is 128 cm³/mol. The minimum atomic E-state index is -0.588. The summed E-state index contributed by atoms with van der Waals surface area (Å²) in [5, 5.41) is 2.21. The van der Waals surface area contributed by atoms with Crippen molar-refractivity contribution in [3.8, 4) is 5.69 Å². The summed E-state index contributed by atoms with van der Waals surface area (Å²) in [6, 6.07) is 17.0. The van der Waals surface area contributed by atoms with Gasteiger partial charge in [-0.3, -0.25) is 14.4 Å². The number of fused-ring (bicyclic) bond motifs is 1. The van der Waals surface area contributed by atoms with E-state index in [1.54, 1.807) is 6.07 Å². The number of esters is 1. The number of thioether (sulfide) groups is 1. The van der Waals surface area contributed by atoms with Crippen LogP contribution in [0.1, 0.15) is 28.2 Å². The minimum Gasteiger partial charge on any atom is -0.457 e. The molecule has 32 heavy (non-hydrogen) atoms. The molecule has 3 aromatic rings. The number of carbonyl (C=O) groups excluding carboxylic acids is 3. The predicted octanol–water partition coefficient (Wildman–Crippen LogP) is 5.09. The molecule has 1 aliphatic rings. The fourth-order valence-electron chi connectivity index (χ4n) is 3.69. The number of benzene rings is 2. The van der Waals surface area contributed by atoms with E-state index in [0.717, 1.165) is 32.1 Å². The molecular weight excluding hydrogens is 492 g/mol. The Bertz CT molecular complexity index is 1200. The van der Waals surface area contributed by atoms with Crippen molar-refractivity contribution in [2.24, 2.45) is 0 Å². The van der Waals surface area contributed by atoms with E-state index in [1.807, 2.05) is 66.9 Å². The molecule has 1 N–H and O–H groups in total. The van der Waals surface area contributed by atoms with Crippen molar-refractivity contribution >= 4 is 51.0 Å². The molecule has 1 aliphatic heterocycles. The molecule has 0 aliphatic carbocycles. The second kappa shape index (κ2) is 9.34. The minimum absolute atomic E-state index is 0.101. The van der Waals surface area contributed by atoms with Crippen LogP contribution in [-0.2, 0) is 14.3 Å². The fourth-order valence-corrected chi connectivity index (χ4v) is 5.05. The van der Waals surface area contributed by atoms with Gasteiger partial charge in [0.25, 0.3) is 0 Å². The Morgan fingerprint density at radius 3 is 2.59 bits per heavy atom. The zero-order valence-corrected chi connectivity index (χ0v) is 20.0. The number of nitrogens with zero attached hydrogens (tertiary/aromatic N) is 1. The first kappa shape index (κ1) is 22.4. The number of anilines is 1. The van der Waals surface area contributed by atoms with Gasteiger partial charge < -0.3 is 14.6 Å². The van der Waals surface area contributed by atoms with Crippen molar-refractivity contribution in [2.75, 3.05) is 11.9 Å². The molecule has 4 rings (SSSR count). The maximum absolute atomic E-state index is 12.8. The number of halogens is 1. The number of rotatable bonds is 6. The van der Waals surface area contributed by atoms with Gasteiger partial charge in [-0.2, -0.15) is 0 Å². The van der Waals surface area contributed by atoms with Gasteiger partial charge in [-0.15, -0.1) is 11.8 Å². The zero-order chi connectivity index (χ0) is 22.8. The molecule has 0 bridgehead atoms. The van der Waals surface area contributed by atoms with Crippen LogP contribution in [0.2, 0.25) is 0 Å². The van der Waals surface area contributed by atoms with E-state index < -0.39 is 11.2 Å². The molecule has 2 heterocycles. The molecule has 6 nitrogen and oxygen atoms in total. The third kappa shape index (κ3) is 4.66. The molecule has 0 saturated heterocycles. The number of aryl methyl sites for hydroxylation is 1. The largest absolute Gasteiger partial charge is 0.457 e. The summed E-state index contributed by atoms with van der Waals surface area (Å²) in [6.07, 6.45) is -0.101. The number of Topliss-reactive ketones (excluding diaryl/α,β-unsaturated/α-hetero) is 1. The molecule has 1 amide bonds. The highest BCUT2D eigenvalue weighted by atomic mass is 79.9. The Hall–Kier alpha value is -2.84. The van der Waals surface area contributed by atoms with Gasteiger partial charge in [-0.05, 0) is 56.3 Å². The van der Waals surface area contributed by atoms with Crippen molar-refractivity contribution in [3.05, 3.63) is 76.0 Å². The average Bonchev–Trinajstić information content (AvgIpc) is 3.07. The third-order valence-electron chi connectivity index (χ3n) is 5.24. The fraction of sp³-hybridized carbons (Fsp3) is 0.208. The molecule has 0 saturated carbocycles. The van der Waals surface area contributed by atoms with E-state index in [0.29, 0.717) is 5.56 Å². The molecule has 2 aromatic carbocycles. The maximum atomic E-state index is 12.8. The molecular formula is C24H21BrN2O4S. The number of ketones is 1. The second-order valence-electron chi connectivity index (χ2n) is 7.48. The normalized spacial score (nSPS) is 15.1. The monoisotopic (exact) mass is 512 g/mol. The van der Waals surface area contributed by atoms with Crippen LogP contribution < -0.4 is 5.32 Å². The lowest BCUT2D eigenvalue weighted by Crippen LogP contribution is -2.31. The summed E-state index contributed by atoms with van der Waals surface area (Å²) in [4.78, 5) is 38.3. The number of hydrogen-bond donors (Lipinski definition) is 1. The number of nitrogens with one attached hydrogen (secondary N) is 1. The topological polar surface area (TPSA) is 77.4 Å². The summed E-state index contributed by atoms with van der Waals surface area (Å²) < 4.78 is 8.19. The quantitative estimate of drug-likeness (QED) is 0.367. The maximum Gasteiger partial charge on any atom is 0.307 e. The van der Waals surface area contributed by atoms with Gasteiger partial charge in [0.05, 0.1) is 17.4 Å². The molecule has 1 atom stereocenters. The van der Waals surface area contributed by atoms with Gasteiger partial charge in [0.1, 0.15) is 0 Å². The van der Waals surface area contributed by atoms with Crippen LogP contribution in [0, 0.1) is 13.8 Å². The number of carbonyl (C=O) groups is 3. The number of amides is 1. The van der Waals surface area contributed by atoms with Gasteiger partial charge >= 0.3 is 5.97 Å². The van der Waals surface area contributed by atoms with Gasteiger partial charge in [-0.1, -0.05) is 28.1 Å². The number of ether oxygens (including phenoxy) is 1. The van der Waals surface area contributed by atoms with Crippen molar-refractivity contribution in [1.82, 2.24) is 4.57 Å². The van der Waals surface area contributed by atoms with Crippen LogP contribution in [0.25, 0.3) is 5.69 Å². The average molecular weight is 513 g/mol. The molecule has 1 aromatic heterocycles. The van der Waals surface area contributed by atoms with Gasteiger partial charge in [0.2, 0.25) is 11.7 Å². The van der Waals surface area contributed by atoms with Gasteiger partial charge in [-0.25, -0.2) is 0 Å². The summed E-state index contributed by atoms with van der Waals surface area (Å²) in [5.74, 6) is -1.09. The highest BCUT2D eigenvalue weighted by molar-refractivity contribution is 9.10. The summed E-state index contributed by atoms with van der Waals surface area (Å²) in [5.41, 5.74) is 3.89. The first-order chi connectivity index (χ1) is 15.3. The van der Waals surface area contributed by atoms with Crippen LogP contribution in [0.5, 0.6) is 0 Å². The van der Waals surface area contributed by atoms with Crippen LogP contribution in [0.4, 0.5) is 5.69 Å². The Morgan fingerprint density at radius 1 is 1.12 bits per heavy atom. The first-order valence-corrected chi connectivity index (χ1v) is 11.7. The lowest BCUT2D eigenvalue weighted by molar-refractivity contribution is -0.143. The SMILES string of the molecule is Cc1cc(C(=O)COC(=O)C[C@H]2Sc3ccccc3NC2=O)c(C)n1-c1ccc(Br)cc1. The number of para-hydroxylation sites is 1. The number of aromatic nitrogens is 1. The molecule has 164 valence electrons. The Morgan fingerprint density at radius 2 is 1.84 bits per heavy atom. The highest BCUT2D eigenvalue weighted by Gasteiger charge is 2.29. The standard InChI is InChI=1S/C24H21BrN2O4S/c1-14-11-18(15(2)27(14)17-9-7-16(25)8-10-17)20(28)13-31-23(29)12-22-24(30)26-19-5-3-4-6-21(19)32-22/h3-11,22H,12-13H2,1-2H3,(H,26,30)/t22-/m1/s1. The molecule has 0 radical (unpaired) electrons.